The summed E-state index contributed by atoms with van der Waals surface area (Å²) in [4.78, 5) is 5.83. The van der Waals surface area contributed by atoms with Crippen molar-refractivity contribution in [1.82, 2.24) is 10.6 Å². The molecule has 0 saturated carbocycles. The Morgan fingerprint density at radius 3 is 2.48 bits per heavy atom. The highest BCUT2D eigenvalue weighted by molar-refractivity contribution is 7.98. The summed E-state index contributed by atoms with van der Waals surface area (Å²) in [6.07, 6.45) is 2.06. The second-order valence-corrected chi connectivity index (χ2v) is 6.96. The predicted molar refractivity (Wildman–Crippen MR) is 104 cm³/mol. The summed E-state index contributed by atoms with van der Waals surface area (Å²) in [5, 5.41) is 17.0. The van der Waals surface area contributed by atoms with Gasteiger partial charge in [0.25, 0.3) is 0 Å². The van der Waals surface area contributed by atoms with E-state index in [0.29, 0.717) is 24.8 Å². The Bertz CT molecular complexity index is 693. The first-order chi connectivity index (χ1) is 11.9. The highest BCUT2D eigenvalue weighted by atomic mass is 32.2. The van der Waals surface area contributed by atoms with E-state index in [1.807, 2.05) is 19.9 Å². The largest absolute Gasteiger partial charge is 0.463 e. The Labute approximate surface area is 153 Å². The van der Waals surface area contributed by atoms with Gasteiger partial charge in [0.2, 0.25) is 0 Å². The van der Waals surface area contributed by atoms with Crippen LogP contribution in [0.5, 0.6) is 0 Å². The molecule has 0 fully saturated rings. The topological polar surface area (TPSA) is 69.8 Å². The molecular weight excluding hydrogens is 334 g/mol. The number of aryl methyl sites for hydroxylation is 1. The molecule has 0 saturated heterocycles. The number of aliphatic imine (C=N–C) groups is 1. The van der Waals surface area contributed by atoms with E-state index in [4.69, 9.17) is 4.42 Å². The summed E-state index contributed by atoms with van der Waals surface area (Å²) in [7, 11) is 0. The third kappa shape index (κ3) is 5.83. The van der Waals surface area contributed by atoms with Gasteiger partial charge in [-0.1, -0.05) is 12.1 Å². The molecule has 0 amide bonds. The number of benzene rings is 1. The average Bonchev–Trinajstić information content (AvgIpc) is 3.05. The summed E-state index contributed by atoms with van der Waals surface area (Å²) in [6, 6.07) is 12.0. The second kappa shape index (κ2) is 8.97. The van der Waals surface area contributed by atoms with Crippen LogP contribution in [0.25, 0.3) is 0 Å². The molecule has 0 aliphatic carbocycles. The van der Waals surface area contributed by atoms with Gasteiger partial charge in [0.15, 0.2) is 5.96 Å². The van der Waals surface area contributed by atoms with Crippen LogP contribution in [0.4, 0.5) is 0 Å². The zero-order valence-corrected chi connectivity index (χ0v) is 16.1. The van der Waals surface area contributed by atoms with Crippen molar-refractivity contribution in [2.75, 3.05) is 19.3 Å². The van der Waals surface area contributed by atoms with Crippen LogP contribution >= 0.6 is 11.8 Å². The number of rotatable bonds is 7. The Morgan fingerprint density at radius 1 is 1.20 bits per heavy atom. The van der Waals surface area contributed by atoms with Crippen LogP contribution in [-0.4, -0.2) is 30.4 Å². The van der Waals surface area contributed by atoms with Crippen molar-refractivity contribution in [2.45, 2.75) is 37.8 Å². The number of hydrogen-bond donors (Lipinski definition) is 3. The molecule has 0 bridgehead atoms. The van der Waals surface area contributed by atoms with Crippen molar-refractivity contribution >= 4 is 17.7 Å². The summed E-state index contributed by atoms with van der Waals surface area (Å²) < 4.78 is 5.54. The van der Waals surface area contributed by atoms with Crippen molar-refractivity contribution in [1.29, 1.82) is 0 Å². The van der Waals surface area contributed by atoms with Crippen molar-refractivity contribution in [3.05, 3.63) is 53.5 Å². The van der Waals surface area contributed by atoms with Crippen molar-refractivity contribution < 1.29 is 9.52 Å². The molecule has 136 valence electrons. The first-order valence-corrected chi connectivity index (χ1v) is 9.61. The zero-order chi connectivity index (χ0) is 18.3. The van der Waals surface area contributed by atoms with Gasteiger partial charge in [-0.05, 0) is 56.9 Å². The molecule has 6 heteroatoms. The normalized spacial score (nSPS) is 14.2. The number of guanidine groups is 1. The maximum absolute atomic E-state index is 10.6. The quantitative estimate of drug-likeness (QED) is 0.401. The first kappa shape index (κ1) is 19.4. The van der Waals surface area contributed by atoms with Gasteiger partial charge in [0.05, 0.1) is 13.1 Å². The zero-order valence-electron chi connectivity index (χ0n) is 15.3. The average molecular weight is 362 g/mol. The van der Waals surface area contributed by atoms with Crippen molar-refractivity contribution in [3.8, 4) is 0 Å². The van der Waals surface area contributed by atoms with Crippen LogP contribution in [0, 0.1) is 6.92 Å². The lowest BCUT2D eigenvalue weighted by Crippen LogP contribution is -2.44. The molecule has 1 aromatic heterocycles. The molecule has 25 heavy (non-hydrogen) atoms. The van der Waals surface area contributed by atoms with Gasteiger partial charge in [0.1, 0.15) is 17.1 Å². The minimum atomic E-state index is -1.11. The third-order valence-electron chi connectivity index (χ3n) is 3.79. The van der Waals surface area contributed by atoms with Crippen LogP contribution in [0.3, 0.4) is 0 Å². The SMILES string of the molecule is CCNC(=NCc1ccc(SC)cc1)NCC(C)(O)c1ccc(C)o1. The van der Waals surface area contributed by atoms with Crippen molar-refractivity contribution in [3.63, 3.8) is 0 Å². The van der Waals surface area contributed by atoms with E-state index < -0.39 is 5.60 Å². The highest BCUT2D eigenvalue weighted by Crippen LogP contribution is 2.21. The van der Waals surface area contributed by atoms with Gasteiger partial charge in [0, 0.05) is 11.4 Å². The van der Waals surface area contributed by atoms with E-state index in [2.05, 4.69) is 46.1 Å². The maximum Gasteiger partial charge on any atom is 0.191 e. The molecule has 0 aliphatic rings. The molecule has 1 heterocycles. The first-order valence-electron chi connectivity index (χ1n) is 8.39. The van der Waals surface area contributed by atoms with Gasteiger partial charge >= 0.3 is 0 Å². The summed E-state index contributed by atoms with van der Waals surface area (Å²) in [5.41, 5.74) is 0.0354. The summed E-state index contributed by atoms with van der Waals surface area (Å²) >= 11 is 1.72. The number of aliphatic hydroxyl groups is 1. The molecule has 0 spiro atoms. The molecule has 2 aromatic rings. The molecule has 0 radical (unpaired) electrons. The number of thioether (sulfide) groups is 1. The summed E-state index contributed by atoms with van der Waals surface area (Å²) in [5.74, 6) is 1.99. The molecule has 2 rings (SSSR count). The van der Waals surface area contributed by atoms with E-state index in [9.17, 15) is 5.11 Å². The van der Waals surface area contributed by atoms with Gasteiger partial charge in [-0.2, -0.15) is 0 Å². The van der Waals surface area contributed by atoms with Gasteiger partial charge in [-0.3, -0.25) is 0 Å². The molecule has 1 unspecified atom stereocenters. The van der Waals surface area contributed by atoms with Crippen LogP contribution < -0.4 is 10.6 Å². The van der Waals surface area contributed by atoms with E-state index in [0.717, 1.165) is 17.9 Å². The van der Waals surface area contributed by atoms with Crippen molar-refractivity contribution in [2.24, 2.45) is 4.99 Å². The van der Waals surface area contributed by atoms with E-state index in [1.165, 1.54) is 4.90 Å². The fraction of sp³-hybridized carbons (Fsp3) is 0.421. The predicted octanol–water partition coefficient (Wildman–Crippen LogP) is 3.27. The van der Waals surface area contributed by atoms with Crippen LogP contribution in [0.15, 0.2) is 50.7 Å². The second-order valence-electron chi connectivity index (χ2n) is 6.08. The molecular formula is C19H27N3O2S. The minimum absolute atomic E-state index is 0.303. The van der Waals surface area contributed by atoms with E-state index in [1.54, 1.807) is 24.8 Å². The van der Waals surface area contributed by atoms with Gasteiger partial charge < -0.3 is 20.2 Å². The van der Waals surface area contributed by atoms with Gasteiger partial charge in [-0.15, -0.1) is 11.8 Å². The number of hydrogen-bond acceptors (Lipinski definition) is 4. The Morgan fingerprint density at radius 2 is 1.92 bits per heavy atom. The van der Waals surface area contributed by atoms with E-state index in [-0.39, 0.29) is 0 Å². The number of nitrogens with zero attached hydrogens (tertiary/aromatic N) is 1. The molecule has 0 aliphatic heterocycles. The highest BCUT2D eigenvalue weighted by Gasteiger charge is 2.27. The smallest absolute Gasteiger partial charge is 0.191 e. The molecule has 1 atom stereocenters. The molecule has 3 N–H and O–H groups in total. The molecule has 1 aromatic carbocycles. The monoisotopic (exact) mass is 361 g/mol. The maximum atomic E-state index is 10.6. The lowest BCUT2D eigenvalue weighted by Gasteiger charge is -2.22. The van der Waals surface area contributed by atoms with Crippen LogP contribution in [0.2, 0.25) is 0 Å². The lowest BCUT2D eigenvalue weighted by atomic mass is 10.0. The van der Waals surface area contributed by atoms with E-state index >= 15 is 0 Å². The standard InChI is InChI=1S/C19H27N3O2S/c1-5-20-18(21-12-15-7-9-16(25-4)10-8-15)22-13-19(3,23)17-11-6-14(2)24-17/h6-11,23H,5,12-13H2,1-4H3,(H2,20,21,22). The molecule has 5 nitrogen and oxygen atoms in total. The Kier molecular flexibility index (Phi) is 6.96. The van der Waals surface area contributed by atoms with Crippen LogP contribution in [-0.2, 0) is 12.1 Å². The van der Waals surface area contributed by atoms with Gasteiger partial charge in [-0.25, -0.2) is 4.99 Å². The van der Waals surface area contributed by atoms with Crippen LogP contribution in [0.1, 0.15) is 30.9 Å². The number of furan rings is 1. The minimum Gasteiger partial charge on any atom is -0.463 e. The fourth-order valence-electron chi connectivity index (χ4n) is 2.31. The number of nitrogens with one attached hydrogen (secondary N) is 2. The lowest BCUT2D eigenvalue weighted by molar-refractivity contribution is 0.0378. The fourth-order valence-corrected chi connectivity index (χ4v) is 2.72. The Hall–Kier alpha value is -1.92. The third-order valence-corrected chi connectivity index (χ3v) is 4.54. The Balaban J connectivity index is 1.99. The summed E-state index contributed by atoms with van der Waals surface area (Å²) in [6.45, 7) is 7.23.